The molecule has 2 aliphatic rings. The minimum atomic E-state index is 0.118. The first-order valence-electron chi connectivity index (χ1n) is 11.9. The van der Waals surface area contributed by atoms with Crippen LogP contribution < -0.4 is 20.1 Å². The lowest BCUT2D eigenvalue weighted by Crippen LogP contribution is -2.64. The van der Waals surface area contributed by atoms with E-state index in [1.807, 2.05) is 13.1 Å². The Hall–Kier alpha value is -1.54. The van der Waals surface area contributed by atoms with Gasteiger partial charge in [0.2, 0.25) is 0 Å². The predicted molar refractivity (Wildman–Crippen MR) is 128 cm³/mol. The fraction of sp³-hybridized carbons (Fsp3) is 0.750. The molecule has 31 heavy (non-hydrogen) atoms. The van der Waals surface area contributed by atoms with E-state index in [1.54, 1.807) is 7.11 Å². The Morgan fingerprint density at radius 2 is 1.94 bits per heavy atom. The molecule has 0 bridgehead atoms. The summed E-state index contributed by atoms with van der Waals surface area (Å²) in [6.45, 7) is 12.1. The summed E-state index contributed by atoms with van der Waals surface area (Å²) in [6.07, 6.45) is 4.04. The highest BCUT2D eigenvalue weighted by molar-refractivity contribution is 5.55. The average molecular weight is 434 g/mol. The van der Waals surface area contributed by atoms with Crippen molar-refractivity contribution in [2.75, 3.05) is 59.3 Å². The molecule has 0 aromatic heterocycles. The maximum absolute atomic E-state index is 6.22. The molecule has 4 atom stereocenters. The van der Waals surface area contributed by atoms with Crippen molar-refractivity contribution < 1.29 is 9.47 Å². The summed E-state index contributed by atoms with van der Waals surface area (Å²) in [5.74, 6) is 2.08. The molecule has 2 saturated heterocycles. The fourth-order valence-corrected chi connectivity index (χ4v) is 4.55. The Morgan fingerprint density at radius 3 is 2.55 bits per heavy atom. The number of nitrogens with zero attached hydrogens (tertiary/aromatic N) is 3. The Balaban J connectivity index is 1.70. The third kappa shape index (κ3) is 6.04. The zero-order chi connectivity index (χ0) is 22.4. The SMILES string of the molecule is CCC(C)N1CCC(NC)N(C)C1Nc1ccc(OC)c(OC[C@H](C)CN2CCC2)c1. The number of likely N-dealkylation sites (tertiary alicyclic amines) is 1. The second kappa shape index (κ2) is 11.4. The standard InChI is InChI=1S/C24H43N5O2/c1-7-19(3)29-14-11-23(25-4)27(5)24(29)26-20-9-10-21(30-6)22(15-20)31-17-18(2)16-28-12-8-13-28/h9-10,15,18-19,23-26H,7-8,11-14,16-17H2,1-6H3/t18-,19?,23?,24?/m1/s1. The first kappa shape index (κ1) is 24.1. The van der Waals surface area contributed by atoms with E-state index >= 15 is 0 Å². The third-order valence-corrected chi connectivity index (χ3v) is 6.84. The van der Waals surface area contributed by atoms with Gasteiger partial charge in [0.05, 0.1) is 19.9 Å². The normalized spacial score (nSPS) is 25.0. The number of rotatable bonds is 11. The van der Waals surface area contributed by atoms with Crippen molar-refractivity contribution in [2.24, 2.45) is 5.92 Å². The molecule has 0 spiro atoms. The van der Waals surface area contributed by atoms with Gasteiger partial charge in [0.15, 0.2) is 11.5 Å². The van der Waals surface area contributed by atoms with E-state index in [-0.39, 0.29) is 6.29 Å². The fourth-order valence-electron chi connectivity index (χ4n) is 4.55. The van der Waals surface area contributed by atoms with Crippen LogP contribution in [0.25, 0.3) is 0 Å². The number of hydrogen-bond donors (Lipinski definition) is 2. The van der Waals surface area contributed by atoms with Gasteiger partial charge >= 0.3 is 0 Å². The van der Waals surface area contributed by atoms with Crippen LogP contribution >= 0.6 is 0 Å². The van der Waals surface area contributed by atoms with Gasteiger partial charge in [0.1, 0.15) is 6.29 Å². The molecular formula is C24H43N5O2. The highest BCUT2D eigenvalue weighted by Gasteiger charge is 2.34. The second-order valence-electron chi connectivity index (χ2n) is 9.21. The minimum absolute atomic E-state index is 0.118. The quantitative estimate of drug-likeness (QED) is 0.556. The van der Waals surface area contributed by atoms with Crippen molar-refractivity contribution >= 4 is 5.69 Å². The van der Waals surface area contributed by atoms with Crippen molar-refractivity contribution in [3.05, 3.63) is 18.2 Å². The molecule has 2 aliphatic heterocycles. The molecule has 3 unspecified atom stereocenters. The molecule has 2 fully saturated rings. The van der Waals surface area contributed by atoms with Crippen LogP contribution in [0, 0.1) is 5.92 Å². The van der Waals surface area contributed by atoms with Gasteiger partial charge in [-0.25, -0.2) is 0 Å². The molecule has 1 aromatic carbocycles. The summed E-state index contributed by atoms with van der Waals surface area (Å²) in [4.78, 5) is 7.42. The zero-order valence-corrected chi connectivity index (χ0v) is 20.4. The molecule has 3 rings (SSSR count). The summed E-state index contributed by atoms with van der Waals surface area (Å²) in [5.41, 5.74) is 1.05. The molecule has 0 saturated carbocycles. The molecule has 2 heterocycles. The summed E-state index contributed by atoms with van der Waals surface area (Å²) in [5, 5.41) is 7.20. The van der Waals surface area contributed by atoms with Crippen molar-refractivity contribution in [1.82, 2.24) is 20.0 Å². The van der Waals surface area contributed by atoms with E-state index in [1.165, 1.54) is 19.5 Å². The molecule has 0 radical (unpaired) electrons. The number of nitrogens with one attached hydrogen (secondary N) is 2. The maximum Gasteiger partial charge on any atom is 0.163 e. The Labute approximate surface area is 189 Å². The Kier molecular flexibility index (Phi) is 8.84. The first-order chi connectivity index (χ1) is 15.0. The largest absolute Gasteiger partial charge is 0.493 e. The zero-order valence-electron chi connectivity index (χ0n) is 20.4. The lowest BCUT2D eigenvalue weighted by atomic mass is 10.1. The molecule has 0 amide bonds. The lowest BCUT2D eigenvalue weighted by molar-refractivity contribution is -0.0303. The highest BCUT2D eigenvalue weighted by atomic mass is 16.5. The van der Waals surface area contributed by atoms with E-state index in [4.69, 9.17) is 9.47 Å². The van der Waals surface area contributed by atoms with E-state index in [2.05, 4.69) is 65.3 Å². The van der Waals surface area contributed by atoms with E-state index in [9.17, 15) is 0 Å². The van der Waals surface area contributed by atoms with Crippen LogP contribution in [0.2, 0.25) is 0 Å². The predicted octanol–water partition coefficient (Wildman–Crippen LogP) is 3.09. The number of methoxy groups -OCH3 is 1. The van der Waals surface area contributed by atoms with Gasteiger partial charge in [-0.2, -0.15) is 0 Å². The molecule has 1 aromatic rings. The van der Waals surface area contributed by atoms with Crippen LogP contribution in [-0.4, -0.2) is 87.2 Å². The maximum atomic E-state index is 6.22. The second-order valence-corrected chi connectivity index (χ2v) is 9.21. The lowest BCUT2D eigenvalue weighted by Gasteiger charge is -2.49. The molecule has 7 heteroatoms. The van der Waals surface area contributed by atoms with Crippen molar-refractivity contribution in [3.8, 4) is 11.5 Å². The van der Waals surface area contributed by atoms with Crippen LogP contribution in [0.3, 0.4) is 0 Å². The van der Waals surface area contributed by atoms with Crippen LogP contribution in [0.15, 0.2) is 18.2 Å². The minimum Gasteiger partial charge on any atom is -0.493 e. The number of benzene rings is 1. The van der Waals surface area contributed by atoms with E-state index < -0.39 is 0 Å². The van der Waals surface area contributed by atoms with Gasteiger partial charge in [-0.15, -0.1) is 0 Å². The van der Waals surface area contributed by atoms with Crippen molar-refractivity contribution in [1.29, 1.82) is 0 Å². The first-order valence-corrected chi connectivity index (χ1v) is 11.9. The molecule has 7 nitrogen and oxygen atoms in total. The number of ether oxygens (including phenoxy) is 2. The summed E-state index contributed by atoms with van der Waals surface area (Å²) >= 11 is 0. The summed E-state index contributed by atoms with van der Waals surface area (Å²) in [7, 11) is 5.93. The summed E-state index contributed by atoms with van der Waals surface area (Å²) < 4.78 is 11.8. The Bertz CT molecular complexity index is 684. The van der Waals surface area contributed by atoms with Gasteiger partial charge in [0, 0.05) is 36.8 Å². The van der Waals surface area contributed by atoms with Crippen molar-refractivity contribution in [2.45, 2.75) is 58.5 Å². The molecule has 2 N–H and O–H groups in total. The topological polar surface area (TPSA) is 52.2 Å². The van der Waals surface area contributed by atoms with Gasteiger partial charge in [-0.05, 0) is 65.5 Å². The number of anilines is 1. The van der Waals surface area contributed by atoms with Gasteiger partial charge in [0.25, 0.3) is 0 Å². The number of hydrogen-bond acceptors (Lipinski definition) is 7. The monoisotopic (exact) mass is 433 g/mol. The molecular weight excluding hydrogens is 390 g/mol. The van der Waals surface area contributed by atoms with E-state index in [0.717, 1.165) is 43.1 Å². The highest BCUT2D eigenvalue weighted by Crippen LogP contribution is 2.32. The van der Waals surface area contributed by atoms with E-state index in [0.29, 0.717) is 24.7 Å². The van der Waals surface area contributed by atoms with Gasteiger partial charge < -0.3 is 25.0 Å². The summed E-state index contributed by atoms with van der Waals surface area (Å²) in [6, 6.07) is 6.68. The average Bonchev–Trinajstić information content (AvgIpc) is 2.75. The van der Waals surface area contributed by atoms with Crippen LogP contribution in [-0.2, 0) is 0 Å². The van der Waals surface area contributed by atoms with Gasteiger partial charge in [-0.3, -0.25) is 9.80 Å². The van der Waals surface area contributed by atoms with Crippen LogP contribution in [0.1, 0.15) is 40.0 Å². The van der Waals surface area contributed by atoms with Crippen LogP contribution in [0.5, 0.6) is 11.5 Å². The Morgan fingerprint density at radius 1 is 1.16 bits per heavy atom. The third-order valence-electron chi connectivity index (χ3n) is 6.84. The van der Waals surface area contributed by atoms with Crippen molar-refractivity contribution in [3.63, 3.8) is 0 Å². The van der Waals surface area contributed by atoms with Crippen LogP contribution in [0.4, 0.5) is 5.69 Å². The molecule has 0 aliphatic carbocycles. The van der Waals surface area contributed by atoms with Gasteiger partial charge in [-0.1, -0.05) is 13.8 Å². The smallest absolute Gasteiger partial charge is 0.163 e. The molecule has 176 valence electrons.